The predicted molar refractivity (Wildman–Crippen MR) is 74.8 cm³/mol. The van der Waals surface area contributed by atoms with Crippen molar-refractivity contribution in [2.75, 3.05) is 31.6 Å². The van der Waals surface area contributed by atoms with Gasteiger partial charge in [0.1, 0.15) is 4.88 Å². The third-order valence-corrected chi connectivity index (χ3v) is 4.57. The maximum atomic E-state index is 11.0. The van der Waals surface area contributed by atoms with Crippen molar-refractivity contribution in [2.24, 2.45) is 0 Å². The first-order chi connectivity index (χ1) is 8.61. The smallest absolute Gasteiger partial charge is 0.345 e. The molecule has 1 aromatic heterocycles. The van der Waals surface area contributed by atoms with E-state index >= 15 is 0 Å². The fourth-order valence-electron chi connectivity index (χ4n) is 2.48. The molecule has 4 nitrogen and oxygen atoms in total. The van der Waals surface area contributed by atoms with Crippen molar-refractivity contribution in [2.45, 2.75) is 25.8 Å². The molecular formula is C13H20N2O2S. The summed E-state index contributed by atoms with van der Waals surface area (Å²) in [5, 5.41) is 10.1. The molecule has 0 spiro atoms. The summed E-state index contributed by atoms with van der Waals surface area (Å²) in [6.07, 6.45) is 2.22. The number of nitrogens with zero attached hydrogens (tertiary/aromatic N) is 2. The predicted octanol–water partition coefficient (Wildman–Crippen LogP) is 2.37. The molecule has 1 fully saturated rings. The normalized spacial score (nSPS) is 21.9. The van der Waals surface area contributed by atoms with E-state index in [0.717, 1.165) is 37.5 Å². The third-order valence-electron chi connectivity index (χ3n) is 3.46. The third kappa shape index (κ3) is 2.84. The number of likely N-dealkylation sites (N-methyl/N-ethyl adjacent to an activating group) is 1. The molecule has 0 aliphatic carbocycles. The number of hydrogen-bond acceptors (Lipinski definition) is 4. The average molecular weight is 268 g/mol. The van der Waals surface area contributed by atoms with Gasteiger partial charge in [-0.3, -0.25) is 0 Å². The summed E-state index contributed by atoms with van der Waals surface area (Å²) in [6.45, 7) is 5.38. The van der Waals surface area contributed by atoms with Gasteiger partial charge in [-0.05, 0) is 38.6 Å². The Morgan fingerprint density at radius 3 is 2.89 bits per heavy atom. The molecule has 2 heterocycles. The molecular weight excluding hydrogens is 248 g/mol. The summed E-state index contributed by atoms with van der Waals surface area (Å²) in [4.78, 5) is 16.1. The van der Waals surface area contributed by atoms with Crippen LogP contribution in [-0.4, -0.2) is 48.7 Å². The van der Waals surface area contributed by atoms with Crippen molar-refractivity contribution in [1.82, 2.24) is 4.90 Å². The van der Waals surface area contributed by atoms with Crippen LogP contribution in [0.4, 0.5) is 5.00 Å². The molecule has 1 aliphatic heterocycles. The Balaban J connectivity index is 2.20. The zero-order valence-electron chi connectivity index (χ0n) is 10.9. The van der Waals surface area contributed by atoms with Crippen LogP contribution in [0.2, 0.25) is 0 Å². The first kappa shape index (κ1) is 13.4. The van der Waals surface area contributed by atoms with Crippen LogP contribution in [0.25, 0.3) is 0 Å². The molecule has 1 N–H and O–H groups in total. The van der Waals surface area contributed by atoms with Crippen LogP contribution >= 0.6 is 11.3 Å². The highest BCUT2D eigenvalue weighted by atomic mass is 32.1. The Hall–Kier alpha value is -1.07. The zero-order valence-corrected chi connectivity index (χ0v) is 11.7. The van der Waals surface area contributed by atoms with Crippen LogP contribution in [0.15, 0.2) is 12.1 Å². The highest BCUT2D eigenvalue weighted by Gasteiger charge is 2.23. The number of carbonyl (C=O) groups is 1. The molecule has 0 amide bonds. The largest absolute Gasteiger partial charge is 0.477 e. The molecule has 5 heteroatoms. The number of hydrogen-bond donors (Lipinski definition) is 1. The van der Waals surface area contributed by atoms with E-state index in [0.29, 0.717) is 10.9 Å². The second-order valence-corrected chi connectivity index (χ2v) is 5.88. The highest BCUT2D eigenvalue weighted by molar-refractivity contribution is 7.17. The Labute approximate surface area is 112 Å². The lowest BCUT2D eigenvalue weighted by Crippen LogP contribution is -2.39. The summed E-state index contributed by atoms with van der Waals surface area (Å²) in [5.74, 6) is -0.828. The first-order valence-corrected chi connectivity index (χ1v) is 7.21. The SMILES string of the molecule is CCC1CN(C)CCCN1c1ccc(C(=O)O)s1. The lowest BCUT2D eigenvalue weighted by atomic mass is 10.2. The van der Waals surface area contributed by atoms with Crippen LogP contribution in [0.3, 0.4) is 0 Å². The molecule has 0 radical (unpaired) electrons. The van der Waals surface area contributed by atoms with Crippen LogP contribution < -0.4 is 4.90 Å². The van der Waals surface area contributed by atoms with Gasteiger partial charge in [-0.15, -0.1) is 11.3 Å². The molecule has 1 aromatic rings. The monoisotopic (exact) mass is 268 g/mol. The Kier molecular flexibility index (Phi) is 4.24. The van der Waals surface area contributed by atoms with Crippen molar-refractivity contribution < 1.29 is 9.90 Å². The van der Waals surface area contributed by atoms with Gasteiger partial charge in [0.15, 0.2) is 0 Å². The highest BCUT2D eigenvalue weighted by Crippen LogP contribution is 2.29. The minimum atomic E-state index is -0.828. The molecule has 18 heavy (non-hydrogen) atoms. The van der Waals surface area contributed by atoms with E-state index in [1.165, 1.54) is 11.3 Å². The van der Waals surface area contributed by atoms with Gasteiger partial charge in [0.25, 0.3) is 0 Å². The van der Waals surface area contributed by atoms with E-state index in [9.17, 15) is 4.79 Å². The molecule has 0 bridgehead atoms. The van der Waals surface area contributed by atoms with Crippen molar-refractivity contribution in [1.29, 1.82) is 0 Å². The van der Waals surface area contributed by atoms with Crippen molar-refractivity contribution >= 4 is 22.3 Å². The van der Waals surface area contributed by atoms with Crippen molar-refractivity contribution in [3.05, 3.63) is 17.0 Å². The van der Waals surface area contributed by atoms with E-state index in [-0.39, 0.29) is 0 Å². The van der Waals surface area contributed by atoms with Crippen LogP contribution in [-0.2, 0) is 0 Å². The van der Waals surface area contributed by atoms with E-state index in [4.69, 9.17) is 5.11 Å². The number of carboxylic acids is 1. The number of thiophene rings is 1. The summed E-state index contributed by atoms with van der Waals surface area (Å²) >= 11 is 1.38. The fourth-order valence-corrected chi connectivity index (χ4v) is 3.42. The molecule has 1 unspecified atom stereocenters. The van der Waals surface area contributed by atoms with E-state index in [2.05, 4.69) is 23.8 Å². The van der Waals surface area contributed by atoms with Crippen molar-refractivity contribution in [3.63, 3.8) is 0 Å². The molecule has 0 aromatic carbocycles. The standard InChI is InChI=1S/C13H20N2O2S/c1-3-10-9-14(2)7-4-8-15(10)12-6-5-11(18-12)13(16)17/h5-6,10H,3-4,7-9H2,1-2H3,(H,16,17). The van der Waals surface area contributed by atoms with Crippen LogP contribution in [0.1, 0.15) is 29.4 Å². The second kappa shape index (κ2) is 5.71. The van der Waals surface area contributed by atoms with E-state index in [1.54, 1.807) is 6.07 Å². The number of anilines is 1. The van der Waals surface area contributed by atoms with Gasteiger partial charge >= 0.3 is 5.97 Å². The molecule has 1 saturated heterocycles. The summed E-state index contributed by atoms with van der Waals surface area (Å²) in [6, 6.07) is 4.14. The fraction of sp³-hybridized carbons (Fsp3) is 0.615. The molecule has 0 saturated carbocycles. The van der Waals surface area contributed by atoms with E-state index < -0.39 is 5.97 Å². The van der Waals surface area contributed by atoms with Gasteiger partial charge in [0, 0.05) is 19.1 Å². The number of aromatic carboxylic acids is 1. The summed E-state index contributed by atoms with van der Waals surface area (Å²) in [7, 11) is 2.16. The van der Waals surface area contributed by atoms with Gasteiger partial charge in [0.05, 0.1) is 5.00 Å². The van der Waals surface area contributed by atoms with Crippen molar-refractivity contribution in [3.8, 4) is 0 Å². The molecule has 2 rings (SSSR count). The minimum absolute atomic E-state index is 0.428. The lowest BCUT2D eigenvalue weighted by Gasteiger charge is -2.30. The minimum Gasteiger partial charge on any atom is -0.477 e. The van der Waals surface area contributed by atoms with Gasteiger partial charge in [-0.2, -0.15) is 0 Å². The van der Waals surface area contributed by atoms with Gasteiger partial charge in [-0.25, -0.2) is 4.79 Å². The second-order valence-electron chi connectivity index (χ2n) is 4.81. The zero-order chi connectivity index (χ0) is 13.1. The van der Waals surface area contributed by atoms with Crippen LogP contribution in [0.5, 0.6) is 0 Å². The van der Waals surface area contributed by atoms with Gasteiger partial charge in [-0.1, -0.05) is 6.92 Å². The quantitative estimate of drug-likeness (QED) is 0.914. The number of carboxylic acid groups (broad SMARTS) is 1. The van der Waals surface area contributed by atoms with Gasteiger partial charge < -0.3 is 14.9 Å². The molecule has 100 valence electrons. The van der Waals surface area contributed by atoms with Crippen LogP contribution in [0, 0.1) is 0 Å². The Morgan fingerprint density at radius 1 is 1.50 bits per heavy atom. The first-order valence-electron chi connectivity index (χ1n) is 6.40. The molecule has 1 atom stereocenters. The van der Waals surface area contributed by atoms with E-state index in [1.807, 2.05) is 6.07 Å². The topological polar surface area (TPSA) is 43.8 Å². The summed E-state index contributed by atoms with van der Waals surface area (Å²) in [5.41, 5.74) is 0. The number of rotatable bonds is 3. The molecule has 1 aliphatic rings. The Morgan fingerprint density at radius 2 is 2.28 bits per heavy atom. The maximum absolute atomic E-state index is 11.0. The average Bonchev–Trinajstić information content (AvgIpc) is 2.74. The summed E-state index contributed by atoms with van der Waals surface area (Å²) < 4.78 is 0. The maximum Gasteiger partial charge on any atom is 0.345 e. The van der Waals surface area contributed by atoms with Gasteiger partial charge in [0.2, 0.25) is 0 Å². The Bertz CT molecular complexity index is 419. The lowest BCUT2D eigenvalue weighted by molar-refractivity contribution is 0.0702.